The fourth-order valence-corrected chi connectivity index (χ4v) is 5.76. The molecule has 8 heteroatoms. The predicted octanol–water partition coefficient (Wildman–Crippen LogP) is 2.96. The van der Waals surface area contributed by atoms with Gasteiger partial charge in [0.2, 0.25) is 0 Å². The molecule has 0 saturated carbocycles. The number of halogens is 1. The second-order valence-corrected chi connectivity index (χ2v) is 8.97. The molecule has 0 N–H and O–H groups in total. The number of benzene rings is 2. The molecule has 2 saturated heterocycles. The molecule has 2 aromatic carbocycles. The molecule has 0 aromatic heterocycles. The number of carbonyl (C=O) groups excluding carboxylic acids is 1. The van der Waals surface area contributed by atoms with Crippen molar-refractivity contribution in [3.63, 3.8) is 0 Å². The van der Waals surface area contributed by atoms with E-state index in [1.54, 1.807) is 52.3 Å². The summed E-state index contributed by atoms with van der Waals surface area (Å²) in [7, 11) is -1.71. The number of hydrogen-bond acceptors (Lipinski definition) is 4. The zero-order chi connectivity index (χ0) is 18.5. The normalized spacial score (nSPS) is 24.0. The summed E-state index contributed by atoms with van der Waals surface area (Å²) < 4.78 is 30.0. The van der Waals surface area contributed by atoms with Crippen LogP contribution in [0.4, 0.5) is 16.2 Å². The Kier molecular flexibility index (Phi) is 4.08. The summed E-state index contributed by atoms with van der Waals surface area (Å²) in [5, 5.41) is 0.553. The van der Waals surface area contributed by atoms with Crippen molar-refractivity contribution < 1.29 is 17.9 Å². The molecule has 2 aliphatic heterocycles. The highest BCUT2D eigenvalue weighted by atomic mass is 35.5. The summed E-state index contributed by atoms with van der Waals surface area (Å²) in [4.78, 5) is 16.4. The van der Waals surface area contributed by atoms with Crippen LogP contribution in [0.2, 0.25) is 5.02 Å². The summed E-state index contributed by atoms with van der Waals surface area (Å²) in [6, 6.07) is 12.8. The van der Waals surface area contributed by atoms with Crippen LogP contribution >= 0.6 is 11.6 Å². The summed E-state index contributed by atoms with van der Waals surface area (Å²) >= 11 is 5.95. The molecule has 0 bridgehead atoms. The van der Waals surface area contributed by atoms with Crippen LogP contribution in [0.3, 0.4) is 0 Å². The molecular formula is C18H17ClN2O4S. The lowest BCUT2D eigenvalue weighted by atomic mass is 10.1. The molecule has 0 spiro atoms. The van der Waals surface area contributed by atoms with E-state index in [0.717, 1.165) is 0 Å². The number of para-hydroxylation sites is 2. The van der Waals surface area contributed by atoms with Crippen LogP contribution in [0, 0.1) is 0 Å². The Bertz CT molecular complexity index is 961. The molecule has 0 unspecified atom stereocenters. The van der Waals surface area contributed by atoms with Gasteiger partial charge < -0.3 is 4.74 Å². The third-order valence-electron chi connectivity index (χ3n) is 4.82. The van der Waals surface area contributed by atoms with Gasteiger partial charge >= 0.3 is 6.03 Å². The smallest absolute Gasteiger partial charge is 0.329 e. The van der Waals surface area contributed by atoms with Gasteiger partial charge in [-0.1, -0.05) is 23.7 Å². The highest BCUT2D eigenvalue weighted by Gasteiger charge is 2.54. The summed E-state index contributed by atoms with van der Waals surface area (Å²) in [5.41, 5.74) is 1.20. The van der Waals surface area contributed by atoms with Crippen LogP contribution in [0.1, 0.15) is 0 Å². The predicted molar refractivity (Wildman–Crippen MR) is 101 cm³/mol. The molecule has 0 aliphatic carbocycles. The number of carbonyl (C=O) groups is 1. The monoisotopic (exact) mass is 392 g/mol. The topological polar surface area (TPSA) is 66.9 Å². The van der Waals surface area contributed by atoms with Crippen LogP contribution in [-0.4, -0.2) is 45.1 Å². The minimum Gasteiger partial charge on any atom is -0.495 e. The van der Waals surface area contributed by atoms with Crippen molar-refractivity contribution in [3.05, 3.63) is 53.6 Å². The van der Waals surface area contributed by atoms with Crippen LogP contribution in [0.25, 0.3) is 0 Å². The number of rotatable bonds is 3. The van der Waals surface area contributed by atoms with Gasteiger partial charge in [0, 0.05) is 10.7 Å². The van der Waals surface area contributed by atoms with E-state index >= 15 is 0 Å². The molecule has 2 atom stereocenters. The maximum Gasteiger partial charge on any atom is 0.329 e. The molecule has 136 valence electrons. The number of ether oxygens (including phenoxy) is 1. The van der Waals surface area contributed by atoms with Gasteiger partial charge in [-0.3, -0.25) is 9.80 Å². The molecule has 0 radical (unpaired) electrons. The summed E-state index contributed by atoms with van der Waals surface area (Å²) in [5.74, 6) is 0.408. The first kappa shape index (κ1) is 17.2. The van der Waals surface area contributed by atoms with E-state index in [0.29, 0.717) is 22.1 Å². The Morgan fingerprint density at radius 3 is 2.27 bits per heavy atom. The Morgan fingerprint density at radius 2 is 1.62 bits per heavy atom. The molecule has 2 heterocycles. The maximum absolute atomic E-state index is 13.3. The first-order valence-electron chi connectivity index (χ1n) is 8.13. The highest BCUT2D eigenvalue weighted by Crippen LogP contribution is 2.41. The number of anilines is 2. The zero-order valence-electron chi connectivity index (χ0n) is 14.0. The van der Waals surface area contributed by atoms with Crippen molar-refractivity contribution in [1.82, 2.24) is 0 Å². The maximum atomic E-state index is 13.3. The number of amides is 2. The molecular weight excluding hydrogens is 376 g/mol. The third kappa shape index (κ3) is 2.71. The van der Waals surface area contributed by atoms with Crippen molar-refractivity contribution in [2.45, 2.75) is 12.1 Å². The molecule has 26 heavy (non-hydrogen) atoms. The van der Waals surface area contributed by atoms with Gasteiger partial charge in [-0.05, 0) is 36.4 Å². The second kappa shape index (κ2) is 6.17. The van der Waals surface area contributed by atoms with Crippen molar-refractivity contribution in [1.29, 1.82) is 0 Å². The minimum atomic E-state index is -3.24. The molecule has 4 rings (SSSR count). The van der Waals surface area contributed by atoms with Gasteiger partial charge in [0.05, 0.1) is 36.4 Å². The van der Waals surface area contributed by atoms with E-state index in [1.807, 2.05) is 6.07 Å². The molecule has 6 nitrogen and oxygen atoms in total. The molecule has 2 fully saturated rings. The number of sulfone groups is 1. The number of urea groups is 1. The first-order valence-corrected chi connectivity index (χ1v) is 10.3. The largest absolute Gasteiger partial charge is 0.495 e. The Balaban J connectivity index is 1.83. The van der Waals surface area contributed by atoms with Gasteiger partial charge in [-0.15, -0.1) is 0 Å². The lowest BCUT2D eigenvalue weighted by Gasteiger charge is -2.24. The summed E-state index contributed by atoms with van der Waals surface area (Å²) in [6.07, 6.45) is 0. The van der Waals surface area contributed by atoms with Gasteiger partial charge in [-0.2, -0.15) is 0 Å². The SMILES string of the molecule is COc1ccccc1N1C(=O)N(c2ccc(Cl)cc2)[C@H]2CS(=O)(=O)C[C@@H]21. The van der Waals surface area contributed by atoms with Gasteiger partial charge in [0.15, 0.2) is 9.84 Å². The van der Waals surface area contributed by atoms with Crippen molar-refractivity contribution in [2.75, 3.05) is 28.4 Å². The Morgan fingerprint density at radius 1 is 1.00 bits per heavy atom. The van der Waals surface area contributed by atoms with Crippen LogP contribution in [0.15, 0.2) is 48.5 Å². The van der Waals surface area contributed by atoms with Crippen LogP contribution in [-0.2, 0) is 9.84 Å². The van der Waals surface area contributed by atoms with E-state index in [2.05, 4.69) is 0 Å². The van der Waals surface area contributed by atoms with Crippen LogP contribution < -0.4 is 14.5 Å². The first-order chi connectivity index (χ1) is 12.4. The standard InChI is InChI=1S/C18H17ClN2O4S/c1-25-17-5-3-2-4-14(17)21-16-11-26(23,24)10-15(16)20(18(21)22)13-8-6-12(19)7-9-13/h2-9,15-16H,10-11H2,1H3/t15-,16-/m0/s1. The average molecular weight is 393 g/mol. The number of hydrogen-bond donors (Lipinski definition) is 0. The Hall–Kier alpha value is -2.25. The fraction of sp³-hybridized carbons (Fsp3) is 0.278. The summed E-state index contributed by atoms with van der Waals surface area (Å²) in [6.45, 7) is 0. The number of fused-ring (bicyclic) bond motifs is 1. The minimum absolute atomic E-state index is 0.0579. The van der Waals surface area contributed by atoms with Crippen molar-refractivity contribution in [3.8, 4) is 5.75 Å². The quantitative estimate of drug-likeness (QED) is 0.753. The fourth-order valence-electron chi connectivity index (χ4n) is 3.72. The lowest BCUT2D eigenvalue weighted by molar-refractivity contribution is 0.255. The third-order valence-corrected chi connectivity index (χ3v) is 6.77. The van der Waals surface area contributed by atoms with Crippen molar-refractivity contribution in [2.24, 2.45) is 0 Å². The van der Waals surface area contributed by atoms with E-state index in [1.165, 1.54) is 7.11 Å². The highest BCUT2D eigenvalue weighted by molar-refractivity contribution is 7.91. The second-order valence-electron chi connectivity index (χ2n) is 6.38. The van der Waals surface area contributed by atoms with Crippen LogP contribution in [0.5, 0.6) is 5.75 Å². The van der Waals surface area contributed by atoms with Crippen molar-refractivity contribution >= 4 is 38.8 Å². The van der Waals surface area contributed by atoms with E-state index in [4.69, 9.17) is 16.3 Å². The zero-order valence-corrected chi connectivity index (χ0v) is 15.6. The average Bonchev–Trinajstić information content (AvgIpc) is 3.04. The van der Waals surface area contributed by atoms with Gasteiger partial charge in [0.25, 0.3) is 0 Å². The molecule has 2 aliphatic rings. The van der Waals surface area contributed by atoms with Gasteiger partial charge in [-0.25, -0.2) is 13.2 Å². The number of methoxy groups -OCH3 is 1. The van der Waals surface area contributed by atoms with Gasteiger partial charge in [0.1, 0.15) is 5.75 Å². The van der Waals surface area contributed by atoms with E-state index in [9.17, 15) is 13.2 Å². The van der Waals surface area contributed by atoms with E-state index < -0.39 is 21.9 Å². The Labute approximate surface area is 156 Å². The van der Waals surface area contributed by atoms with E-state index in [-0.39, 0.29) is 17.5 Å². The molecule has 2 amide bonds. The lowest BCUT2D eigenvalue weighted by Crippen LogP contribution is -2.38. The number of nitrogens with zero attached hydrogens (tertiary/aromatic N) is 2. The molecule has 2 aromatic rings.